The van der Waals surface area contributed by atoms with Gasteiger partial charge in [-0.15, -0.1) is 0 Å². The quantitative estimate of drug-likeness (QED) is 0.733. The Morgan fingerprint density at radius 3 is 3.08 bits per heavy atom. The van der Waals surface area contributed by atoms with Gasteiger partial charge >= 0.3 is 5.97 Å². The van der Waals surface area contributed by atoms with Gasteiger partial charge in [-0.25, -0.2) is 14.2 Å². The molecule has 4 rings (SSSR count). The number of benzene rings is 1. The number of aromatic nitrogens is 2. The summed E-state index contributed by atoms with van der Waals surface area (Å²) >= 11 is 3.46. The van der Waals surface area contributed by atoms with Gasteiger partial charge in [-0.1, -0.05) is 6.07 Å². The van der Waals surface area contributed by atoms with Crippen LogP contribution >= 0.6 is 15.9 Å². The molecule has 25 heavy (non-hydrogen) atoms. The number of rotatable bonds is 3. The Hall–Kier alpha value is -2.22. The molecular formula is C17H15BrFN3O3. The monoisotopic (exact) mass is 407 g/mol. The Morgan fingerprint density at radius 2 is 2.28 bits per heavy atom. The van der Waals surface area contributed by atoms with Gasteiger partial charge in [0.2, 0.25) is 0 Å². The summed E-state index contributed by atoms with van der Waals surface area (Å²) in [6.07, 6.45) is 3.12. The summed E-state index contributed by atoms with van der Waals surface area (Å²) in [5, 5.41) is 0. The second-order valence-electron chi connectivity index (χ2n) is 5.96. The third kappa shape index (κ3) is 2.47. The predicted octanol–water partition coefficient (Wildman–Crippen LogP) is 3.05. The lowest BCUT2D eigenvalue weighted by molar-refractivity contribution is 0.0468. The molecule has 6 nitrogen and oxygen atoms in total. The van der Waals surface area contributed by atoms with E-state index in [1.165, 1.54) is 6.33 Å². The molecule has 2 aliphatic heterocycles. The second-order valence-corrected chi connectivity index (χ2v) is 6.82. The maximum absolute atomic E-state index is 13.1. The molecule has 8 heteroatoms. The number of carbonyl (C=O) groups is 2. The first-order valence-corrected chi connectivity index (χ1v) is 8.83. The molecule has 0 bridgehead atoms. The van der Waals surface area contributed by atoms with Gasteiger partial charge < -0.3 is 9.64 Å². The largest absolute Gasteiger partial charge is 0.458 e. The molecule has 1 aromatic carbocycles. The molecule has 1 fully saturated rings. The summed E-state index contributed by atoms with van der Waals surface area (Å²) in [6.45, 7) is -0.430. The second kappa shape index (κ2) is 6.25. The van der Waals surface area contributed by atoms with Crippen molar-refractivity contribution >= 4 is 27.8 Å². The molecule has 130 valence electrons. The first-order chi connectivity index (χ1) is 12.1. The maximum Gasteiger partial charge on any atom is 0.359 e. The SMILES string of the molecule is O=C(OCCF)c1ncn2c1[C@@H]1CCCN1C(=O)c1c(Br)cccc1-2. The molecule has 0 saturated carbocycles. The van der Waals surface area contributed by atoms with Crippen LogP contribution in [0.3, 0.4) is 0 Å². The van der Waals surface area contributed by atoms with E-state index in [0.29, 0.717) is 28.0 Å². The summed E-state index contributed by atoms with van der Waals surface area (Å²) in [5.74, 6) is -0.735. The first-order valence-electron chi connectivity index (χ1n) is 8.03. The Labute approximate surface area is 151 Å². The zero-order valence-electron chi connectivity index (χ0n) is 13.2. The van der Waals surface area contributed by atoms with E-state index in [1.54, 1.807) is 9.47 Å². The van der Waals surface area contributed by atoms with Crippen LogP contribution in [0.1, 0.15) is 45.4 Å². The molecule has 1 amide bonds. The van der Waals surface area contributed by atoms with E-state index in [9.17, 15) is 14.0 Å². The fraction of sp³-hybridized carbons (Fsp3) is 0.353. The van der Waals surface area contributed by atoms with Crippen LogP contribution in [-0.4, -0.2) is 46.2 Å². The van der Waals surface area contributed by atoms with Gasteiger partial charge in [0.1, 0.15) is 19.6 Å². The highest BCUT2D eigenvalue weighted by atomic mass is 79.9. The molecule has 1 atom stereocenters. The predicted molar refractivity (Wildman–Crippen MR) is 90.5 cm³/mol. The zero-order valence-corrected chi connectivity index (χ0v) is 14.8. The summed E-state index contributed by atoms with van der Waals surface area (Å²) in [4.78, 5) is 31.4. The lowest BCUT2D eigenvalue weighted by Crippen LogP contribution is -2.30. The molecule has 0 spiro atoms. The van der Waals surface area contributed by atoms with E-state index in [-0.39, 0.29) is 24.2 Å². The smallest absolute Gasteiger partial charge is 0.359 e. The van der Waals surface area contributed by atoms with Gasteiger partial charge in [0.25, 0.3) is 5.91 Å². The first kappa shape index (κ1) is 16.3. The minimum atomic E-state index is -0.744. The molecule has 1 aromatic heterocycles. The molecule has 0 unspecified atom stereocenters. The standard InChI is InChI=1S/C17H15BrFN3O3/c18-10-3-1-4-11-13(10)16(23)21-7-2-5-12(21)15-14(20-9-22(11)15)17(24)25-8-6-19/h1,3-4,9,12H,2,5-8H2/t12-/m0/s1. The molecular weight excluding hydrogens is 393 g/mol. The fourth-order valence-corrected chi connectivity index (χ4v) is 4.11. The van der Waals surface area contributed by atoms with Gasteiger partial charge in [-0.2, -0.15) is 0 Å². The number of hydrogen-bond donors (Lipinski definition) is 0. The van der Waals surface area contributed by atoms with Crippen LogP contribution in [0.15, 0.2) is 29.0 Å². The summed E-state index contributed by atoms with van der Waals surface area (Å²) < 4.78 is 19.7. The van der Waals surface area contributed by atoms with E-state index in [2.05, 4.69) is 20.9 Å². The van der Waals surface area contributed by atoms with Crippen LogP contribution < -0.4 is 0 Å². The number of carbonyl (C=O) groups excluding carboxylic acids is 2. The van der Waals surface area contributed by atoms with Crippen LogP contribution in [0, 0.1) is 0 Å². The van der Waals surface area contributed by atoms with Crippen LogP contribution in [0.5, 0.6) is 0 Å². The highest BCUT2D eigenvalue weighted by Gasteiger charge is 2.40. The Kier molecular flexibility index (Phi) is 4.07. The van der Waals surface area contributed by atoms with Crippen molar-refractivity contribution in [2.24, 2.45) is 0 Å². The van der Waals surface area contributed by atoms with Crippen molar-refractivity contribution in [3.63, 3.8) is 0 Å². The number of nitrogens with zero attached hydrogens (tertiary/aromatic N) is 3. The minimum Gasteiger partial charge on any atom is -0.458 e. The van der Waals surface area contributed by atoms with Crippen molar-refractivity contribution in [1.29, 1.82) is 0 Å². The number of alkyl halides is 1. The number of ether oxygens (including phenoxy) is 1. The average molecular weight is 408 g/mol. The van der Waals surface area contributed by atoms with E-state index in [0.717, 1.165) is 12.8 Å². The van der Waals surface area contributed by atoms with Crippen LogP contribution in [0.4, 0.5) is 4.39 Å². The maximum atomic E-state index is 13.1. The topological polar surface area (TPSA) is 64.4 Å². The molecule has 2 aromatic rings. The summed E-state index contributed by atoms with van der Waals surface area (Å²) in [5.41, 5.74) is 1.99. The normalized spacial score (nSPS) is 18.4. The zero-order chi connectivity index (χ0) is 17.6. The lowest BCUT2D eigenvalue weighted by Gasteiger charge is -2.23. The van der Waals surface area contributed by atoms with E-state index < -0.39 is 12.6 Å². The van der Waals surface area contributed by atoms with Crippen molar-refractivity contribution < 1.29 is 18.7 Å². The molecule has 3 heterocycles. The van der Waals surface area contributed by atoms with Gasteiger partial charge in [0, 0.05) is 11.0 Å². The van der Waals surface area contributed by atoms with Gasteiger partial charge in [0.15, 0.2) is 5.69 Å². The van der Waals surface area contributed by atoms with Gasteiger partial charge in [0.05, 0.1) is 23.0 Å². The summed E-state index contributed by atoms with van der Waals surface area (Å²) in [6, 6.07) is 5.22. The number of halogens is 2. The summed E-state index contributed by atoms with van der Waals surface area (Å²) in [7, 11) is 0. The van der Waals surface area contributed by atoms with Crippen LogP contribution in [0.2, 0.25) is 0 Å². The van der Waals surface area contributed by atoms with Gasteiger partial charge in [-0.05, 0) is 40.9 Å². The third-order valence-corrected chi connectivity index (χ3v) is 5.26. The Bertz CT molecular complexity index is 867. The molecule has 0 N–H and O–H groups in total. The number of fused-ring (bicyclic) bond motifs is 5. The number of hydrogen-bond acceptors (Lipinski definition) is 4. The van der Waals surface area contributed by atoms with Crippen molar-refractivity contribution in [2.75, 3.05) is 19.8 Å². The van der Waals surface area contributed by atoms with Gasteiger partial charge in [-0.3, -0.25) is 9.36 Å². The highest BCUT2D eigenvalue weighted by molar-refractivity contribution is 9.10. The Balaban J connectivity index is 1.92. The van der Waals surface area contributed by atoms with E-state index >= 15 is 0 Å². The van der Waals surface area contributed by atoms with Crippen LogP contribution in [0.25, 0.3) is 5.69 Å². The fourth-order valence-electron chi connectivity index (χ4n) is 3.59. The van der Waals surface area contributed by atoms with Crippen molar-refractivity contribution in [2.45, 2.75) is 18.9 Å². The van der Waals surface area contributed by atoms with Crippen molar-refractivity contribution in [3.8, 4) is 5.69 Å². The van der Waals surface area contributed by atoms with Crippen LogP contribution in [-0.2, 0) is 4.74 Å². The van der Waals surface area contributed by atoms with Crippen molar-refractivity contribution in [3.05, 3.63) is 46.0 Å². The van der Waals surface area contributed by atoms with E-state index in [1.807, 2.05) is 18.2 Å². The Morgan fingerprint density at radius 1 is 1.44 bits per heavy atom. The minimum absolute atomic E-state index is 0.0725. The highest BCUT2D eigenvalue weighted by Crippen LogP contribution is 2.41. The molecule has 1 saturated heterocycles. The number of esters is 1. The number of amides is 1. The number of imidazole rings is 1. The lowest BCUT2D eigenvalue weighted by atomic mass is 10.1. The molecule has 0 aliphatic carbocycles. The third-order valence-electron chi connectivity index (χ3n) is 4.60. The van der Waals surface area contributed by atoms with Crippen molar-refractivity contribution in [1.82, 2.24) is 14.5 Å². The molecule has 2 aliphatic rings. The van der Waals surface area contributed by atoms with E-state index in [4.69, 9.17) is 4.74 Å². The molecule has 0 radical (unpaired) electrons. The average Bonchev–Trinajstić information content (AvgIpc) is 3.23.